The van der Waals surface area contributed by atoms with Gasteiger partial charge in [0.1, 0.15) is 12.3 Å². The average Bonchev–Trinajstić information content (AvgIpc) is 3.14. The number of hydrogen-bond donors (Lipinski definition) is 1. The lowest BCUT2D eigenvalue weighted by atomic mass is 10.2. The monoisotopic (exact) mass is 387 g/mol. The van der Waals surface area contributed by atoms with E-state index in [1.165, 1.54) is 16.2 Å². The maximum atomic E-state index is 12.2. The van der Waals surface area contributed by atoms with Crippen LogP contribution in [0, 0.1) is 0 Å². The van der Waals surface area contributed by atoms with Gasteiger partial charge in [0.2, 0.25) is 0 Å². The van der Waals surface area contributed by atoms with E-state index < -0.39 is 0 Å². The summed E-state index contributed by atoms with van der Waals surface area (Å²) in [5.74, 6) is -0.0640. The molecule has 0 fully saturated rings. The van der Waals surface area contributed by atoms with Crippen molar-refractivity contribution in [3.8, 4) is 5.75 Å². The summed E-state index contributed by atoms with van der Waals surface area (Å²) in [7, 11) is 0. The van der Waals surface area contributed by atoms with Crippen molar-refractivity contribution in [2.75, 3.05) is 36.0 Å². The minimum absolute atomic E-state index is 0.0808. The molecule has 8 nitrogen and oxygen atoms in total. The zero-order chi connectivity index (χ0) is 19.2. The molecule has 1 aliphatic heterocycles. The van der Waals surface area contributed by atoms with Crippen LogP contribution in [0.3, 0.4) is 0 Å². The Kier molecular flexibility index (Phi) is 6.02. The topological polar surface area (TPSA) is 87.1 Å². The highest BCUT2D eigenvalue weighted by atomic mass is 32.1. The highest BCUT2D eigenvalue weighted by Gasteiger charge is 2.26. The second kappa shape index (κ2) is 8.63. The summed E-state index contributed by atoms with van der Waals surface area (Å²) < 4.78 is 5.36. The Balaban J connectivity index is 1.59. The van der Waals surface area contributed by atoms with Crippen LogP contribution in [0.25, 0.3) is 0 Å². The second-order valence-electron chi connectivity index (χ2n) is 5.75. The smallest absolute Gasteiger partial charge is 0.265 e. The van der Waals surface area contributed by atoms with Gasteiger partial charge in [0.05, 0.1) is 16.8 Å². The van der Waals surface area contributed by atoms with E-state index in [4.69, 9.17) is 4.74 Å². The third kappa shape index (κ3) is 4.43. The minimum atomic E-state index is -0.384. The van der Waals surface area contributed by atoms with Gasteiger partial charge in [-0.25, -0.2) is 10.4 Å². The third-order valence-electron chi connectivity index (χ3n) is 4.04. The van der Waals surface area contributed by atoms with Crippen LogP contribution >= 0.6 is 11.3 Å². The molecule has 9 heteroatoms. The number of thiazole rings is 1. The quantitative estimate of drug-likeness (QED) is 0.579. The number of hydrazone groups is 1. The van der Waals surface area contributed by atoms with Crippen molar-refractivity contribution in [1.82, 2.24) is 10.4 Å². The van der Waals surface area contributed by atoms with Gasteiger partial charge < -0.3 is 9.64 Å². The van der Waals surface area contributed by atoms with E-state index in [1.54, 1.807) is 30.6 Å². The summed E-state index contributed by atoms with van der Waals surface area (Å²) in [5, 5.41) is 4.89. The molecule has 0 radical (unpaired) electrons. The highest BCUT2D eigenvalue weighted by Crippen LogP contribution is 2.31. The van der Waals surface area contributed by atoms with Crippen LogP contribution in [-0.4, -0.2) is 49.3 Å². The van der Waals surface area contributed by atoms with Crippen LogP contribution in [0.4, 0.5) is 10.8 Å². The molecule has 142 valence electrons. The van der Waals surface area contributed by atoms with Crippen LogP contribution in [0.1, 0.15) is 18.7 Å². The first kappa shape index (κ1) is 18.8. The SMILES string of the molecule is CCN(CC)c1ncc(/C=N\NC(=O)CN2C(=O)COc3ccccc32)s1. The van der Waals surface area contributed by atoms with Gasteiger partial charge in [-0.05, 0) is 26.0 Å². The zero-order valence-corrected chi connectivity index (χ0v) is 16.0. The van der Waals surface area contributed by atoms with Gasteiger partial charge in [-0.15, -0.1) is 0 Å². The molecule has 0 bridgehead atoms. The number of carbonyl (C=O) groups is 2. The van der Waals surface area contributed by atoms with E-state index in [1.807, 2.05) is 6.07 Å². The molecule has 0 aliphatic carbocycles. The summed E-state index contributed by atoms with van der Waals surface area (Å²) in [6.07, 6.45) is 3.27. The lowest BCUT2D eigenvalue weighted by Gasteiger charge is -2.28. The number of nitrogens with zero attached hydrogens (tertiary/aromatic N) is 4. The first-order valence-electron chi connectivity index (χ1n) is 8.67. The van der Waals surface area contributed by atoms with Crippen molar-refractivity contribution in [2.45, 2.75) is 13.8 Å². The van der Waals surface area contributed by atoms with Gasteiger partial charge in [0.25, 0.3) is 11.8 Å². The van der Waals surface area contributed by atoms with E-state index in [0.29, 0.717) is 11.4 Å². The molecule has 2 aromatic rings. The van der Waals surface area contributed by atoms with Crippen molar-refractivity contribution in [3.05, 3.63) is 35.3 Å². The Morgan fingerprint density at radius 1 is 1.41 bits per heavy atom. The van der Waals surface area contributed by atoms with Gasteiger partial charge in [-0.3, -0.25) is 14.5 Å². The number of amides is 2. The molecular formula is C18H21N5O3S. The van der Waals surface area contributed by atoms with E-state index in [9.17, 15) is 9.59 Å². The molecular weight excluding hydrogens is 366 g/mol. The lowest BCUT2D eigenvalue weighted by molar-refractivity contribution is -0.125. The van der Waals surface area contributed by atoms with Crippen LogP contribution in [0.5, 0.6) is 5.75 Å². The van der Waals surface area contributed by atoms with E-state index >= 15 is 0 Å². The molecule has 0 unspecified atom stereocenters. The number of aromatic nitrogens is 1. The van der Waals surface area contributed by atoms with Crippen LogP contribution in [-0.2, 0) is 9.59 Å². The standard InChI is InChI=1S/C18H21N5O3S/c1-3-22(4-2)18-19-9-13(27-18)10-20-21-16(24)11-23-14-7-5-6-8-15(14)26-12-17(23)25/h5-10H,3-4,11-12H2,1-2H3,(H,21,24)/b20-10-. The number of anilines is 2. The molecule has 1 aromatic carbocycles. The molecule has 0 spiro atoms. The lowest BCUT2D eigenvalue weighted by Crippen LogP contribution is -2.44. The summed E-state index contributed by atoms with van der Waals surface area (Å²) in [6, 6.07) is 7.12. The van der Waals surface area contributed by atoms with Crippen molar-refractivity contribution in [2.24, 2.45) is 5.10 Å². The fourth-order valence-electron chi connectivity index (χ4n) is 2.65. The van der Waals surface area contributed by atoms with E-state index in [0.717, 1.165) is 23.1 Å². The first-order chi connectivity index (χ1) is 13.1. The van der Waals surface area contributed by atoms with Crippen molar-refractivity contribution < 1.29 is 14.3 Å². The highest BCUT2D eigenvalue weighted by molar-refractivity contribution is 7.17. The fourth-order valence-corrected chi connectivity index (χ4v) is 3.57. The molecule has 2 heterocycles. The maximum absolute atomic E-state index is 12.2. The predicted octanol–water partition coefficient (Wildman–Crippen LogP) is 1.87. The molecule has 0 saturated heterocycles. The van der Waals surface area contributed by atoms with Crippen molar-refractivity contribution >= 4 is 40.2 Å². The van der Waals surface area contributed by atoms with E-state index in [-0.39, 0.29) is 25.0 Å². The Bertz CT molecular complexity index is 847. The number of rotatable bonds is 7. The normalized spacial score (nSPS) is 13.4. The first-order valence-corrected chi connectivity index (χ1v) is 9.48. The van der Waals surface area contributed by atoms with Crippen molar-refractivity contribution in [1.29, 1.82) is 0 Å². The average molecular weight is 387 g/mol. The Hall–Kier alpha value is -2.94. The Morgan fingerprint density at radius 3 is 2.96 bits per heavy atom. The number of fused-ring (bicyclic) bond motifs is 1. The van der Waals surface area contributed by atoms with Gasteiger partial charge >= 0.3 is 0 Å². The molecule has 1 aliphatic rings. The summed E-state index contributed by atoms with van der Waals surface area (Å²) >= 11 is 1.50. The molecule has 27 heavy (non-hydrogen) atoms. The number of para-hydroxylation sites is 2. The molecule has 0 atom stereocenters. The zero-order valence-electron chi connectivity index (χ0n) is 15.2. The Morgan fingerprint density at radius 2 is 2.19 bits per heavy atom. The Labute approximate surface area is 161 Å². The number of nitrogens with one attached hydrogen (secondary N) is 1. The molecule has 2 amide bonds. The molecule has 1 N–H and O–H groups in total. The summed E-state index contributed by atoms with van der Waals surface area (Å²) in [6.45, 7) is 5.71. The largest absolute Gasteiger partial charge is 0.482 e. The predicted molar refractivity (Wildman–Crippen MR) is 106 cm³/mol. The molecule has 1 aromatic heterocycles. The van der Waals surface area contributed by atoms with Crippen molar-refractivity contribution in [3.63, 3.8) is 0 Å². The van der Waals surface area contributed by atoms with Gasteiger partial charge in [0, 0.05) is 19.3 Å². The fraction of sp³-hybridized carbons (Fsp3) is 0.333. The second-order valence-corrected chi connectivity index (χ2v) is 6.79. The van der Waals surface area contributed by atoms with Crippen LogP contribution in [0.15, 0.2) is 35.6 Å². The number of ether oxygens (including phenoxy) is 1. The maximum Gasteiger partial charge on any atom is 0.265 e. The van der Waals surface area contributed by atoms with Gasteiger partial charge in [-0.1, -0.05) is 23.5 Å². The number of benzene rings is 1. The van der Waals surface area contributed by atoms with Crippen LogP contribution < -0.4 is 20.0 Å². The number of hydrogen-bond acceptors (Lipinski definition) is 7. The summed E-state index contributed by atoms with van der Waals surface area (Å²) in [4.78, 5) is 33.0. The third-order valence-corrected chi connectivity index (χ3v) is 5.03. The molecule has 3 rings (SSSR count). The minimum Gasteiger partial charge on any atom is -0.482 e. The van der Waals surface area contributed by atoms with E-state index in [2.05, 4.69) is 34.3 Å². The van der Waals surface area contributed by atoms with Gasteiger partial charge in [0.15, 0.2) is 11.7 Å². The van der Waals surface area contributed by atoms with Crippen LogP contribution in [0.2, 0.25) is 0 Å². The molecule has 0 saturated carbocycles. The van der Waals surface area contributed by atoms with Gasteiger partial charge in [-0.2, -0.15) is 5.10 Å². The number of carbonyl (C=O) groups excluding carboxylic acids is 2. The summed E-state index contributed by atoms with van der Waals surface area (Å²) in [5.41, 5.74) is 3.04.